The van der Waals surface area contributed by atoms with E-state index in [1.807, 2.05) is 64.4 Å². The first kappa shape index (κ1) is 17.3. The molecule has 1 atom stereocenters. The molecule has 3 aromatic rings. The summed E-state index contributed by atoms with van der Waals surface area (Å²) in [5, 5.41) is 11.2. The second-order valence-electron chi connectivity index (χ2n) is 6.28. The number of likely N-dealkylation sites (tertiary alicyclic amines) is 1. The van der Waals surface area contributed by atoms with Crippen LogP contribution in [0.2, 0.25) is 0 Å². The van der Waals surface area contributed by atoms with E-state index in [0.29, 0.717) is 0 Å². The summed E-state index contributed by atoms with van der Waals surface area (Å²) in [6, 6.07) is 14.0. The molecule has 0 bridgehead atoms. The van der Waals surface area contributed by atoms with Crippen molar-refractivity contribution < 1.29 is 4.79 Å². The van der Waals surface area contributed by atoms with Gasteiger partial charge in [-0.3, -0.25) is 4.79 Å². The SMILES string of the molecule is Cn1c(SC(C(=O)N2CCCC2)c2ccccc2)nnc1-c1cccs1. The molecule has 5 nitrogen and oxygen atoms in total. The molecule has 1 aromatic carbocycles. The smallest absolute Gasteiger partial charge is 0.240 e. The molecule has 0 N–H and O–H groups in total. The number of thiophene rings is 1. The number of carbonyl (C=O) groups excluding carboxylic acids is 1. The van der Waals surface area contributed by atoms with Gasteiger partial charge in [0.1, 0.15) is 5.25 Å². The number of nitrogens with zero attached hydrogens (tertiary/aromatic N) is 4. The normalized spacial score (nSPS) is 15.3. The van der Waals surface area contributed by atoms with Crippen molar-refractivity contribution in [1.82, 2.24) is 19.7 Å². The fourth-order valence-electron chi connectivity index (χ4n) is 3.14. The summed E-state index contributed by atoms with van der Waals surface area (Å²) in [5.41, 5.74) is 1.01. The molecule has 0 saturated carbocycles. The maximum absolute atomic E-state index is 13.1. The molecule has 26 heavy (non-hydrogen) atoms. The standard InChI is InChI=1S/C19H20N4OS2/c1-22-17(15-10-7-13-25-15)20-21-19(22)26-16(14-8-3-2-4-9-14)18(24)23-11-5-6-12-23/h2-4,7-10,13,16H,5-6,11-12H2,1H3. The van der Waals surface area contributed by atoms with Gasteiger partial charge in [-0.15, -0.1) is 21.5 Å². The summed E-state index contributed by atoms with van der Waals surface area (Å²) >= 11 is 3.12. The molecule has 0 spiro atoms. The van der Waals surface area contributed by atoms with E-state index in [0.717, 1.165) is 47.4 Å². The molecule has 1 aliphatic rings. The van der Waals surface area contributed by atoms with Gasteiger partial charge in [0.25, 0.3) is 0 Å². The summed E-state index contributed by atoms with van der Waals surface area (Å²) in [6.45, 7) is 1.70. The van der Waals surface area contributed by atoms with E-state index in [1.165, 1.54) is 11.8 Å². The fourth-order valence-corrected chi connectivity index (χ4v) is 4.97. The summed E-state index contributed by atoms with van der Waals surface area (Å²) < 4.78 is 1.98. The third-order valence-electron chi connectivity index (χ3n) is 4.54. The molecule has 2 aromatic heterocycles. The lowest BCUT2D eigenvalue weighted by atomic mass is 10.1. The van der Waals surface area contributed by atoms with Crippen LogP contribution in [-0.2, 0) is 11.8 Å². The fraction of sp³-hybridized carbons (Fsp3) is 0.316. The predicted molar refractivity (Wildman–Crippen MR) is 105 cm³/mol. The topological polar surface area (TPSA) is 51.0 Å². The Morgan fingerprint density at radius 3 is 2.58 bits per heavy atom. The van der Waals surface area contributed by atoms with Crippen molar-refractivity contribution in [3.63, 3.8) is 0 Å². The van der Waals surface area contributed by atoms with Gasteiger partial charge in [0.15, 0.2) is 11.0 Å². The quantitative estimate of drug-likeness (QED) is 0.624. The average molecular weight is 385 g/mol. The second-order valence-corrected chi connectivity index (χ2v) is 8.30. The zero-order valence-corrected chi connectivity index (χ0v) is 16.2. The lowest BCUT2D eigenvalue weighted by molar-refractivity contribution is -0.129. The maximum Gasteiger partial charge on any atom is 0.240 e. The van der Waals surface area contributed by atoms with E-state index in [9.17, 15) is 4.79 Å². The number of carbonyl (C=O) groups is 1. The molecule has 1 saturated heterocycles. The third kappa shape index (κ3) is 3.41. The van der Waals surface area contributed by atoms with Gasteiger partial charge in [-0.1, -0.05) is 48.2 Å². The van der Waals surface area contributed by atoms with Gasteiger partial charge in [0.05, 0.1) is 4.88 Å². The first-order valence-electron chi connectivity index (χ1n) is 8.67. The number of hydrogen-bond acceptors (Lipinski definition) is 5. The van der Waals surface area contributed by atoms with E-state index in [4.69, 9.17) is 0 Å². The zero-order chi connectivity index (χ0) is 17.9. The van der Waals surface area contributed by atoms with Crippen LogP contribution < -0.4 is 0 Å². The van der Waals surface area contributed by atoms with Crippen molar-refractivity contribution in [3.05, 3.63) is 53.4 Å². The van der Waals surface area contributed by atoms with Gasteiger partial charge in [0.2, 0.25) is 5.91 Å². The summed E-state index contributed by atoms with van der Waals surface area (Å²) in [7, 11) is 1.96. The molecule has 134 valence electrons. The number of benzene rings is 1. The van der Waals surface area contributed by atoms with Crippen molar-refractivity contribution in [2.75, 3.05) is 13.1 Å². The van der Waals surface area contributed by atoms with Crippen LogP contribution in [0.25, 0.3) is 10.7 Å². The summed E-state index contributed by atoms with van der Waals surface area (Å²) in [5.74, 6) is 1.00. The predicted octanol–water partition coefficient (Wildman–Crippen LogP) is 4.00. The highest BCUT2D eigenvalue weighted by Gasteiger charge is 2.30. The highest BCUT2D eigenvalue weighted by Crippen LogP contribution is 2.37. The van der Waals surface area contributed by atoms with Crippen molar-refractivity contribution >= 4 is 29.0 Å². The van der Waals surface area contributed by atoms with E-state index >= 15 is 0 Å². The van der Waals surface area contributed by atoms with E-state index in [-0.39, 0.29) is 11.2 Å². The van der Waals surface area contributed by atoms with Crippen LogP contribution in [0.3, 0.4) is 0 Å². The first-order chi connectivity index (χ1) is 12.7. The van der Waals surface area contributed by atoms with Crippen LogP contribution in [-0.4, -0.2) is 38.7 Å². The molecule has 7 heteroatoms. The lowest BCUT2D eigenvalue weighted by Gasteiger charge is -2.22. The second kappa shape index (κ2) is 7.63. The van der Waals surface area contributed by atoms with Crippen molar-refractivity contribution in [2.45, 2.75) is 23.2 Å². The lowest BCUT2D eigenvalue weighted by Crippen LogP contribution is -2.31. The Balaban J connectivity index is 1.64. The summed E-state index contributed by atoms with van der Waals surface area (Å²) in [4.78, 5) is 16.2. The number of amides is 1. The van der Waals surface area contributed by atoms with Crippen LogP contribution in [0.5, 0.6) is 0 Å². The highest BCUT2D eigenvalue weighted by molar-refractivity contribution is 8.00. The molecular weight excluding hydrogens is 364 g/mol. The molecule has 1 aliphatic heterocycles. The largest absolute Gasteiger partial charge is 0.341 e. The Bertz CT molecular complexity index is 870. The molecule has 0 aliphatic carbocycles. The monoisotopic (exact) mass is 384 g/mol. The Hall–Kier alpha value is -2.12. The molecular formula is C19H20N4OS2. The number of aromatic nitrogens is 3. The minimum atomic E-state index is -0.298. The van der Waals surface area contributed by atoms with Crippen molar-refractivity contribution in [1.29, 1.82) is 0 Å². The van der Waals surface area contributed by atoms with Gasteiger partial charge in [-0.2, -0.15) is 0 Å². The van der Waals surface area contributed by atoms with Crippen LogP contribution in [0, 0.1) is 0 Å². The van der Waals surface area contributed by atoms with E-state index < -0.39 is 0 Å². The minimum Gasteiger partial charge on any atom is -0.341 e. The zero-order valence-electron chi connectivity index (χ0n) is 14.5. The number of rotatable bonds is 5. The van der Waals surface area contributed by atoms with E-state index in [2.05, 4.69) is 10.2 Å². The third-order valence-corrected chi connectivity index (χ3v) is 6.69. The maximum atomic E-state index is 13.1. The molecule has 0 radical (unpaired) electrons. The van der Waals surface area contributed by atoms with Crippen molar-refractivity contribution in [2.24, 2.45) is 7.05 Å². The summed E-state index contributed by atoms with van der Waals surface area (Å²) in [6.07, 6.45) is 2.18. The van der Waals surface area contributed by atoms with Gasteiger partial charge in [-0.05, 0) is 29.9 Å². The molecule has 3 heterocycles. The van der Waals surface area contributed by atoms with Gasteiger partial charge in [0, 0.05) is 20.1 Å². The average Bonchev–Trinajstić information content (AvgIpc) is 3.42. The van der Waals surface area contributed by atoms with Crippen LogP contribution in [0.1, 0.15) is 23.7 Å². The Kier molecular flexibility index (Phi) is 5.08. The molecule has 4 rings (SSSR count). The van der Waals surface area contributed by atoms with E-state index in [1.54, 1.807) is 11.3 Å². The Morgan fingerprint density at radius 1 is 1.12 bits per heavy atom. The number of hydrogen-bond donors (Lipinski definition) is 0. The van der Waals surface area contributed by atoms with Crippen LogP contribution in [0.15, 0.2) is 53.0 Å². The van der Waals surface area contributed by atoms with Gasteiger partial charge >= 0.3 is 0 Å². The minimum absolute atomic E-state index is 0.166. The highest BCUT2D eigenvalue weighted by atomic mass is 32.2. The number of thioether (sulfide) groups is 1. The molecule has 1 fully saturated rings. The first-order valence-corrected chi connectivity index (χ1v) is 10.4. The molecule has 1 unspecified atom stereocenters. The van der Waals surface area contributed by atoms with Crippen LogP contribution >= 0.6 is 23.1 Å². The van der Waals surface area contributed by atoms with Gasteiger partial charge in [-0.25, -0.2) is 0 Å². The van der Waals surface area contributed by atoms with Crippen molar-refractivity contribution in [3.8, 4) is 10.7 Å². The Labute approximate surface area is 161 Å². The van der Waals surface area contributed by atoms with Crippen LogP contribution in [0.4, 0.5) is 0 Å². The Morgan fingerprint density at radius 2 is 1.88 bits per heavy atom. The molecule has 1 amide bonds. The van der Waals surface area contributed by atoms with Gasteiger partial charge < -0.3 is 9.47 Å².